The van der Waals surface area contributed by atoms with E-state index in [4.69, 9.17) is 10.5 Å². The molecule has 0 radical (unpaired) electrons. The molecule has 22 heavy (non-hydrogen) atoms. The molecule has 0 aliphatic rings. The van der Waals surface area contributed by atoms with E-state index in [0.29, 0.717) is 12.5 Å². The number of guanidine groups is 1. The van der Waals surface area contributed by atoms with Crippen molar-refractivity contribution in [1.82, 2.24) is 0 Å². The van der Waals surface area contributed by atoms with Crippen LogP contribution in [0.2, 0.25) is 0 Å². The minimum atomic E-state index is 0. The van der Waals surface area contributed by atoms with Gasteiger partial charge in [0.2, 0.25) is 0 Å². The zero-order valence-corrected chi connectivity index (χ0v) is 15.4. The fourth-order valence-corrected chi connectivity index (χ4v) is 2.01. The van der Waals surface area contributed by atoms with Gasteiger partial charge in [0.1, 0.15) is 5.75 Å². The highest BCUT2D eigenvalue weighted by atomic mass is 127. The fraction of sp³-hybridized carbons (Fsp3) is 0.235. The first-order valence-corrected chi connectivity index (χ1v) is 6.86. The summed E-state index contributed by atoms with van der Waals surface area (Å²) < 4.78 is 5.29. The third kappa shape index (κ3) is 4.91. The lowest BCUT2D eigenvalue weighted by Gasteiger charge is -2.09. The van der Waals surface area contributed by atoms with Gasteiger partial charge in [0.15, 0.2) is 5.96 Å². The number of aryl methyl sites for hydroxylation is 2. The van der Waals surface area contributed by atoms with E-state index in [1.54, 1.807) is 7.11 Å². The molecular formula is C17H22IN3O. The van der Waals surface area contributed by atoms with E-state index in [2.05, 4.69) is 36.3 Å². The smallest absolute Gasteiger partial charge is 0.193 e. The summed E-state index contributed by atoms with van der Waals surface area (Å²) >= 11 is 0. The second kappa shape index (κ2) is 8.63. The highest BCUT2D eigenvalue weighted by Gasteiger charge is 2.01. The number of nitrogens with two attached hydrogens (primary N) is 1. The number of halogens is 1. The van der Waals surface area contributed by atoms with Crippen molar-refractivity contribution in [2.24, 2.45) is 10.7 Å². The number of anilines is 1. The molecule has 0 aliphatic heterocycles. The summed E-state index contributed by atoms with van der Waals surface area (Å²) in [5, 5.41) is 3.10. The van der Waals surface area contributed by atoms with Crippen LogP contribution in [0.15, 0.2) is 47.5 Å². The van der Waals surface area contributed by atoms with E-state index in [1.807, 2.05) is 30.3 Å². The van der Waals surface area contributed by atoms with Gasteiger partial charge in [-0.1, -0.05) is 24.3 Å². The summed E-state index contributed by atoms with van der Waals surface area (Å²) in [5.74, 6) is 1.21. The second-order valence-corrected chi connectivity index (χ2v) is 4.94. The first kappa shape index (κ1) is 18.3. The Bertz CT molecular complexity index is 656. The van der Waals surface area contributed by atoms with Gasteiger partial charge in [-0.05, 0) is 43.2 Å². The maximum absolute atomic E-state index is 5.93. The monoisotopic (exact) mass is 411 g/mol. The number of hydrogen-bond acceptors (Lipinski definition) is 2. The average molecular weight is 411 g/mol. The molecule has 0 spiro atoms. The maximum Gasteiger partial charge on any atom is 0.193 e. The van der Waals surface area contributed by atoms with E-state index in [-0.39, 0.29) is 24.0 Å². The van der Waals surface area contributed by atoms with Gasteiger partial charge >= 0.3 is 0 Å². The normalized spacial score (nSPS) is 10.8. The summed E-state index contributed by atoms with van der Waals surface area (Å²) in [7, 11) is 1.65. The molecule has 0 heterocycles. The minimum Gasteiger partial charge on any atom is -0.496 e. The van der Waals surface area contributed by atoms with Crippen LogP contribution in [-0.4, -0.2) is 13.1 Å². The zero-order chi connectivity index (χ0) is 15.2. The van der Waals surface area contributed by atoms with Crippen molar-refractivity contribution in [3.8, 4) is 5.75 Å². The van der Waals surface area contributed by atoms with Crippen molar-refractivity contribution in [2.75, 3.05) is 12.4 Å². The van der Waals surface area contributed by atoms with Crippen molar-refractivity contribution in [3.05, 3.63) is 59.2 Å². The van der Waals surface area contributed by atoms with Crippen LogP contribution in [0.4, 0.5) is 5.69 Å². The molecule has 118 valence electrons. The molecule has 3 N–H and O–H groups in total. The van der Waals surface area contributed by atoms with Gasteiger partial charge in [-0.25, -0.2) is 4.99 Å². The zero-order valence-electron chi connectivity index (χ0n) is 13.1. The molecule has 0 fully saturated rings. The highest BCUT2D eigenvalue weighted by molar-refractivity contribution is 14.0. The number of nitrogens with zero attached hydrogens (tertiary/aromatic N) is 1. The largest absolute Gasteiger partial charge is 0.496 e. The third-order valence-corrected chi connectivity index (χ3v) is 3.39. The molecule has 0 unspecified atom stereocenters. The van der Waals surface area contributed by atoms with Crippen LogP contribution in [0.1, 0.15) is 16.7 Å². The summed E-state index contributed by atoms with van der Waals surface area (Å²) in [6.45, 7) is 4.63. The lowest BCUT2D eigenvalue weighted by atomic mass is 10.1. The fourth-order valence-electron chi connectivity index (χ4n) is 2.01. The first-order chi connectivity index (χ1) is 10.1. The van der Waals surface area contributed by atoms with Crippen molar-refractivity contribution in [2.45, 2.75) is 20.4 Å². The number of nitrogens with one attached hydrogen (secondary N) is 1. The van der Waals surface area contributed by atoms with Gasteiger partial charge in [-0.15, -0.1) is 24.0 Å². The molecule has 2 aromatic rings. The van der Waals surface area contributed by atoms with Crippen molar-refractivity contribution in [3.63, 3.8) is 0 Å². The maximum atomic E-state index is 5.93. The minimum absolute atomic E-state index is 0. The van der Waals surface area contributed by atoms with Crippen LogP contribution in [0.5, 0.6) is 5.75 Å². The van der Waals surface area contributed by atoms with Crippen LogP contribution in [-0.2, 0) is 6.54 Å². The Hall–Kier alpha value is -1.76. The van der Waals surface area contributed by atoms with Crippen molar-refractivity contribution in [1.29, 1.82) is 0 Å². The summed E-state index contributed by atoms with van der Waals surface area (Å²) in [5.41, 5.74) is 10.4. The van der Waals surface area contributed by atoms with Crippen LogP contribution in [0.3, 0.4) is 0 Å². The number of aliphatic imine (C=N–C) groups is 1. The third-order valence-electron chi connectivity index (χ3n) is 3.39. The summed E-state index contributed by atoms with van der Waals surface area (Å²) in [6, 6.07) is 13.9. The van der Waals surface area contributed by atoms with Crippen molar-refractivity contribution < 1.29 is 4.74 Å². The number of hydrogen-bond donors (Lipinski definition) is 2. The van der Waals surface area contributed by atoms with Crippen LogP contribution >= 0.6 is 24.0 Å². The Morgan fingerprint density at radius 3 is 2.55 bits per heavy atom. The number of benzene rings is 2. The van der Waals surface area contributed by atoms with E-state index in [1.165, 1.54) is 11.1 Å². The van der Waals surface area contributed by atoms with E-state index in [9.17, 15) is 0 Å². The topological polar surface area (TPSA) is 59.6 Å². The Labute approximate surface area is 148 Å². The van der Waals surface area contributed by atoms with Gasteiger partial charge in [0.25, 0.3) is 0 Å². The van der Waals surface area contributed by atoms with Crippen LogP contribution in [0, 0.1) is 13.8 Å². The molecule has 0 bridgehead atoms. The molecular weight excluding hydrogens is 389 g/mol. The Kier molecular flexibility index (Phi) is 7.17. The molecule has 0 amide bonds. The second-order valence-electron chi connectivity index (χ2n) is 4.94. The van der Waals surface area contributed by atoms with E-state index in [0.717, 1.165) is 17.0 Å². The van der Waals surface area contributed by atoms with Gasteiger partial charge in [-0.3, -0.25) is 0 Å². The van der Waals surface area contributed by atoms with Crippen LogP contribution < -0.4 is 15.8 Å². The molecule has 5 heteroatoms. The number of para-hydroxylation sites is 1. The predicted molar refractivity (Wildman–Crippen MR) is 103 cm³/mol. The molecule has 0 saturated carbocycles. The van der Waals surface area contributed by atoms with E-state index < -0.39 is 0 Å². The quantitative estimate of drug-likeness (QED) is 0.457. The number of rotatable bonds is 4. The average Bonchev–Trinajstić information content (AvgIpc) is 2.49. The molecule has 0 aliphatic carbocycles. The summed E-state index contributed by atoms with van der Waals surface area (Å²) in [6.07, 6.45) is 0. The standard InChI is InChI=1S/C17H21N3O.HI/c1-12-8-9-15(10-13(12)2)20-17(18)19-11-14-6-4-5-7-16(14)21-3;/h4-10H,11H2,1-3H3,(H3,18,19,20);1H. The number of methoxy groups -OCH3 is 1. The molecule has 0 atom stereocenters. The van der Waals surface area contributed by atoms with Crippen LogP contribution in [0.25, 0.3) is 0 Å². The summed E-state index contributed by atoms with van der Waals surface area (Å²) in [4.78, 5) is 4.35. The molecule has 2 aromatic carbocycles. The number of ether oxygens (including phenoxy) is 1. The Balaban J connectivity index is 0.00000242. The van der Waals surface area contributed by atoms with Crippen molar-refractivity contribution >= 4 is 35.6 Å². The Morgan fingerprint density at radius 2 is 1.86 bits per heavy atom. The highest BCUT2D eigenvalue weighted by Crippen LogP contribution is 2.18. The van der Waals surface area contributed by atoms with Gasteiger partial charge in [-0.2, -0.15) is 0 Å². The van der Waals surface area contributed by atoms with Gasteiger partial charge < -0.3 is 15.8 Å². The molecule has 0 saturated heterocycles. The van der Waals surface area contributed by atoms with E-state index >= 15 is 0 Å². The van der Waals surface area contributed by atoms with Gasteiger partial charge in [0.05, 0.1) is 13.7 Å². The lowest BCUT2D eigenvalue weighted by molar-refractivity contribution is 0.410. The van der Waals surface area contributed by atoms with Gasteiger partial charge in [0, 0.05) is 11.3 Å². The predicted octanol–water partition coefficient (Wildman–Crippen LogP) is 3.86. The first-order valence-electron chi connectivity index (χ1n) is 6.86. The Morgan fingerprint density at radius 1 is 1.14 bits per heavy atom. The molecule has 2 rings (SSSR count). The molecule has 4 nitrogen and oxygen atoms in total. The molecule has 0 aromatic heterocycles. The lowest BCUT2D eigenvalue weighted by Crippen LogP contribution is -2.22. The SMILES string of the molecule is COc1ccccc1CN=C(N)Nc1ccc(C)c(C)c1.I.